The topological polar surface area (TPSA) is 84.6 Å². The summed E-state index contributed by atoms with van der Waals surface area (Å²) in [6.45, 7) is 0. The molecule has 0 unspecified atom stereocenters. The summed E-state index contributed by atoms with van der Waals surface area (Å²) < 4.78 is 5.00. The lowest BCUT2D eigenvalue weighted by Gasteiger charge is -2.10. The van der Waals surface area contributed by atoms with Gasteiger partial charge in [0.15, 0.2) is 5.11 Å². The second kappa shape index (κ2) is 4.61. The summed E-state index contributed by atoms with van der Waals surface area (Å²) in [6.07, 6.45) is 0. The molecule has 0 heterocycles. The third-order valence-electron chi connectivity index (χ3n) is 1.71. The molecule has 0 saturated heterocycles. The van der Waals surface area contributed by atoms with E-state index < -0.39 is 5.97 Å². The van der Waals surface area contributed by atoms with Crippen molar-refractivity contribution >= 4 is 29.0 Å². The molecule has 0 spiro atoms. The lowest BCUT2D eigenvalue weighted by atomic mass is 10.2. The van der Waals surface area contributed by atoms with E-state index in [-0.39, 0.29) is 10.7 Å². The van der Waals surface area contributed by atoms with Crippen LogP contribution in [0, 0.1) is 0 Å². The first kappa shape index (κ1) is 11.3. The predicted molar refractivity (Wildman–Crippen MR) is 60.4 cm³/mol. The van der Waals surface area contributed by atoms with Crippen molar-refractivity contribution in [2.75, 3.05) is 12.4 Å². The van der Waals surface area contributed by atoms with Crippen molar-refractivity contribution in [1.29, 1.82) is 0 Å². The molecule has 1 aromatic carbocycles. The Morgan fingerprint density at radius 2 is 2.27 bits per heavy atom. The van der Waals surface area contributed by atoms with Crippen LogP contribution < -0.4 is 15.8 Å². The van der Waals surface area contributed by atoms with E-state index in [1.807, 2.05) is 0 Å². The highest BCUT2D eigenvalue weighted by Gasteiger charge is 2.08. The number of carbonyl (C=O) groups is 1. The number of nitrogens with one attached hydrogen (secondary N) is 1. The lowest BCUT2D eigenvalue weighted by molar-refractivity contribution is 0.0696. The summed E-state index contributed by atoms with van der Waals surface area (Å²) >= 11 is 4.66. The second-order valence-corrected chi connectivity index (χ2v) is 3.15. The largest absolute Gasteiger partial charge is 0.495 e. The van der Waals surface area contributed by atoms with Crippen LogP contribution in [0.25, 0.3) is 0 Å². The van der Waals surface area contributed by atoms with Crippen molar-refractivity contribution in [2.45, 2.75) is 0 Å². The van der Waals surface area contributed by atoms with Crippen LogP contribution in [-0.4, -0.2) is 23.3 Å². The average Bonchev–Trinajstić information content (AvgIpc) is 2.17. The molecule has 0 atom stereocenters. The summed E-state index contributed by atoms with van der Waals surface area (Å²) in [5.41, 5.74) is 5.97. The number of hydrogen-bond acceptors (Lipinski definition) is 3. The number of benzene rings is 1. The van der Waals surface area contributed by atoms with Gasteiger partial charge >= 0.3 is 5.97 Å². The number of carboxylic acids is 1. The van der Waals surface area contributed by atoms with E-state index in [1.165, 1.54) is 19.2 Å². The molecule has 1 aromatic rings. The SMILES string of the molecule is COc1cc(C(=O)O)ccc1NC(N)=S. The van der Waals surface area contributed by atoms with Gasteiger partial charge in [0.2, 0.25) is 0 Å². The van der Waals surface area contributed by atoms with Gasteiger partial charge in [0.05, 0.1) is 18.4 Å². The minimum atomic E-state index is -1.02. The zero-order valence-corrected chi connectivity index (χ0v) is 8.80. The molecule has 0 bridgehead atoms. The molecule has 0 aliphatic carbocycles. The Bertz CT molecular complexity index is 406. The van der Waals surface area contributed by atoms with Crippen LogP contribution in [0.4, 0.5) is 5.69 Å². The Kier molecular flexibility index (Phi) is 3.46. The van der Waals surface area contributed by atoms with Crippen LogP contribution in [0.1, 0.15) is 10.4 Å². The smallest absolute Gasteiger partial charge is 0.335 e. The molecule has 0 radical (unpaired) electrons. The molecule has 80 valence electrons. The molecule has 1 rings (SSSR count). The Labute approximate surface area is 91.8 Å². The van der Waals surface area contributed by atoms with Gasteiger partial charge in [-0.2, -0.15) is 0 Å². The van der Waals surface area contributed by atoms with Gasteiger partial charge in [-0.15, -0.1) is 0 Å². The zero-order valence-electron chi connectivity index (χ0n) is 7.98. The van der Waals surface area contributed by atoms with Crippen molar-refractivity contribution in [3.05, 3.63) is 23.8 Å². The highest BCUT2D eigenvalue weighted by Crippen LogP contribution is 2.25. The van der Waals surface area contributed by atoms with Crippen molar-refractivity contribution in [1.82, 2.24) is 0 Å². The number of aromatic carboxylic acids is 1. The number of rotatable bonds is 3. The first-order valence-corrected chi connectivity index (χ1v) is 4.43. The molecule has 4 N–H and O–H groups in total. The number of anilines is 1. The van der Waals surface area contributed by atoms with Crippen LogP contribution >= 0.6 is 12.2 Å². The first-order chi connectivity index (χ1) is 7.04. The number of hydrogen-bond donors (Lipinski definition) is 3. The van der Waals surface area contributed by atoms with Crippen LogP contribution in [-0.2, 0) is 0 Å². The molecule has 0 amide bonds. The highest BCUT2D eigenvalue weighted by atomic mass is 32.1. The van der Waals surface area contributed by atoms with Gasteiger partial charge in [-0.05, 0) is 30.4 Å². The molecular weight excluding hydrogens is 216 g/mol. The Hall–Kier alpha value is -1.82. The monoisotopic (exact) mass is 226 g/mol. The van der Waals surface area contributed by atoms with E-state index in [1.54, 1.807) is 6.07 Å². The quantitative estimate of drug-likeness (QED) is 0.668. The lowest BCUT2D eigenvalue weighted by Crippen LogP contribution is -2.19. The summed E-state index contributed by atoms with van der Waals surface area (Å²) in [5.74, 6) is -0.641. The Morgan fingerprint density at radius 1 is 1.60 bits per heavy atom. The van der Waals surface area contributed by atoms with Gasteiger partial charge in [-0.3, -0.25) is 0 Å². The summed E-state index contributed by atoms with van der Waals surface area (Å²) in [6, 6.07) is 4.37. The van der Waals surface area contributed by atoms with E-state index in [2.05, 4.69) is 17.5 Å². The third-order valence-corrected chi connectivity index (χ3v) is 1.81. The fourth-order valence-electron chi connectivity index (χ4n) is 1.06. The van der Waals surface area contributed by atoms with Crippen LogP contribution in [0.5, 0.6) is 5.75 Å². The summed E-state index contributed by atoms with van der Waals surface area (Å²) in [7, 11) is 1.44. The molecular formula is C9H10N2O3S. The van der Waals surface area contributed by atoms with Crippen molar-refractivity contribution < 1.29 is 14.6 Å². The van der Waals surface area contributed by atoms with Crippen molar-refractivity contribution in [3.63, 3.8) is 0 Å². The second-order valence-electron chi connectivity index (χ2n) is 2.71. The maximum atomic E-state index is 10.7. The van der Waals surface area contributed by atoms with Gasteiger partial charge in [0.25, 0.3) is 0 Å². The van der Waals surface area contributed by atoms with E-state index in [9.17, 15) is 4.79 Å². The van der Waals surface area contributed by atoms with Crippen LogP contribution in [0.15, 0.2) is 18.2 Å². The maximum absolute atomic E-state index is 10.7. The summed E-state index contributed by atoms with van der Waals surface area (Å²) in [5, 5.41) is 11.5. The van der Waals surface area contributed by atoms with Gasteiger partial charge in [0.1, 0.15) is 5.75 Å². The molecule has 0 aromatic heterocycles. The van der Waals surface area contributed by atoms with Crippen LogP contribution in [0.2, 0.25) is 0 Å². The molecule has 15 heavy (non-hydrogen) atoms. The van der Waals surface area contributed by atoms with Gasteiger partial charge in [0, 0.05) is 0 Å². The van der Waals surface area contributed by atoms with Crippen molar-refractivity contribution in [3.8, 4) is 5.75 Å². The zero-order chi connectivity index (χ0) is 11.4. The predicted octanol–water partition coefficient (Wildman–Crippen LogP) is 1.05. The number of nitrogens with two attached hydrogens (primary N) is 1. The minimum Gasteiger partial charge on any atom is -0.495 e. The molecule has 0 saturated carbocycles. The van der Waals surface area contributed by atoms with Crippen molar-refractivity contribution in [2.24, 2.45) is 5.73 Å². The molecule has 6 heteroatoms. The highest BCUT2D eigenvalue weighted by molar-refractivity contribution is 7.80. The Morgan fingerprint density at radius 3 is 2.73 bits per heavy atom. The van der Waals surface area contributed by atoms with Crippen LogP contribution in [0.3, 0.4) is 0 Å². The maximum Gasteiger partial charge on any atom is 0.335 e. The van der Waals surface area contributed by atoms with E-state index in [0.717, 1.165) is 0 Å². The standard InChI is InChI=1S/C9H10N2O3S/c1-14-7-4-5(8(12)13)2-3-6(7)11-9(10)15/h2-4H,1H3,(H,12,13)(H3,10,11,15). The van der Waals surface area contributed by atoms with Gasteiger partial charge in [-0.1, -0.05) is 0 Å². The van der Waals surface area contributed by atoms with E-state index in [0.29, 0.717) is 11.4 Å². The number of carboxylic acid groups (broad SMARTS) is 1. The van der Waals surface area contributed by atoms with E-state index in [4.69, 9.17) is 15.6 Å². The molecule has 0 aliphatic rings. The number of methoxy groups -OCH3 is 1. The molecule has 0 aliphatic heterocycles. The number of ether oxygens (including phenoxy) is 1. The molecule has 0 fully saturated rings. The average molecular weight is 226 g/mol. The number of thiocarbonyl (C=S) groups is 1. The third kappa shape index (κ3) is 2.81. The first-order valence-electron chi connectivity index (χ1n) is 4.02. The minimum absolute atomic E-state index is 0.0939. The molecule has 5 nitrogen and oxygen atoms in total. The fraction of sp³-hybridized carbons (Fsp3) is 0.111. The Balaban J connectivity index is 3.08. The van der Waals surface area contributed by atoms with E-state index >= 15 is 0 Å². The summed E-state index contributed by atoms with van der Waals surface area (Å²) in [4.78, 5) is 10.7. The van der Waals surface area contributed by atoms with Gasteiger partial charge < -0.3 is 20.9 Å². The normalized spacial score (nSPS) is 9.40. The van der Waals surface area contributed by atoms with Gasteiger partial charge in [-0.25, -0.2) is 4.79 Å². The fourth-order valence-corrected chi connectivity index (χ4v) is 1.17.